The first-order chi connectivity index (χ1) is 16.7. The van der Waals surface area contributed by atoms with E-state index < -0.39 is 16.6 Å². The molecular formula is C29H60N2O4Si2. The van der Waals surface area contributed by atoms with E-state index in [1.165, 1.54) is 0 Å². The average Bonchev–Trinajstić information content (AvgIpc) is 2.68. The molecule has 6 nitrogen and oxygen atoms in total. The minimum absolute atomic E-state index is 0.0622. The van der Waals surface area contributed by atoms with Crippen LogP contribution in [0.25, 0.3) is 0 Å². The highest BCUT2D eigenvalue weighted by molar-refractivity contribution is 6.71. The fraction of sp³-hybridized carbons (Fsp3) is 0.931. The topological polar surface area (TPSA) is 76.7 Å². The Morgan fingerprint density at radius 2 is 1.38 bits per heavy atom. The maximum Gasteiger partial charge on any atom is 0.222 e. The zero-order valence-corrected chi connectivity index (χ0v) is 28.5. The Balaban J connectivity index is 2.75. The predicted octanol–water partition coefficient (Wildman–Crippen LogP) is 6.73. The zero-order chi connectivity index (χ0) is 28.8. The predicted molar refractivity (Wildman–Crippen MR) is 161 cm³/mol. The molecule has 5 unspecified atom stereocenters. The second kappa shape index (κ2) is 13.6. The number of rotatable bonds is 14. The molecule has 37 heavy (non-hydrogen) atoms. The van der Waals surface area contributed by atoms with E-state index in [0.29, 0.717) is 6.54 Å². The number of carbonyl (C=O) groups is 2. The Bertz CT molecular complexity index is 756. The molecule has 2 amide bonds. The molecule has 1 aliphatic carbocycles. The molecule has 1 aliphatic rings. The van der Waals surface area contributed by atoms with Crippen LogP contribution in [0.1, 0.15) is 88.0 Å². The van der Waals surface area contributed by atoms with Gasteiger partial charge in [-0.1, -0.05) is 41.5 Å². The molecule has 0 saturated heterocycles. The second-order valence-corrected chi connectivity index (χ2v) is 23.0. The zero-order valence-electron chi connectivity index (χ0n) is 26.5. The van der Waals surface area contributed by atoms with Gasteiger partial charge < -0.3 is 19.5 Å². The second-order valence-electron chi connectivity index (χ2n) is 14.7. The van der Waals surface area contributed by atoms with E-state index in [0.717, 1.165) is 37.8 Å². The molecule has 0 aliphatic heterocycles. The normalized spacial score (nSPS) is 24.9. The summed E-state index contributed by atoms with van der Waals surface area (Å²) in [5.74, 6) is 0.110. The van der Waals surface area contributed by atoms with Gasteiger partial charge in [0, 0.05) is 36.6 Å². The Hall–Kier alpha value is -0.706. The number of nitrogens with one attached hydrogen (secondary N) is 2. The highest BCUT2D eigenvalue weighted by Crippen LogP contribution is 2.46. The van der Waals surface area contributed by atoms with Crippen molar-refractivity contribution in [2.24, 2.45) is 22.7 Å². The number of hydrogen-bond acceptors (Lipinski definition) is 4. The van der Waals surface area contributed by atoms with E-state index in [2.05, 4.69) is 85.3 Å². The number of carbonyl (C=O) groups excluding carboxylic acids is 2. The third-order valence-electron chi connectivity index (χ3n) is 7.62. The van der Waals surface area contributed by atoms with E-state index >= 15 is 0 Å². The van der Waals surface area contributed by atoms with Crippen molar-refractivity contribution in [1.82, 2.24) is 10.6 Å². The lowest BCUT2D eigenvalue weighted by atomic mass is 9.62. The average molecular weight is 557 g/mol. The minimum Gasteiger partial charge on any atom is -0.415 e. The smallest absolute Gasteiger partial charge is 0.222 e. The lowest BCUT2D eigenvalue weighted by Crippen LogP contribution is -2.52. The van der Waals surface area contributed by atoms with Crippen LogP contribution in [0.3, 0.4) is 0 Å². The first-order valence-electron chi connectivity index (χ1n) is 14.6. The Morgan fingerprint density at radius 3 is 1.89 bits per heavy atom. The number of amides is 2. The molecule has 2 N–H and O–H groups in total. The van der Waals surface area contributed by atoms with Crippen molar-refractivity contribution in [2.75, 3.05) is 6.54 Å². The molecule has 0 aromatic rings. The summed E-state index contributed by atoms with van der Waals surface area (Å²) in [4.78, 5) is 26.2. The van der Waals surface area contributed by atoms with Gasteiger partial charge in [0.15, 0.2) is 16.6 Å². The standard InChI is InChI=1S/C29H60N2O4Si2/c1-14-24(6)35-37(12,13)17-22(4)26(32)30-20-29(9)16-25(15-28(7,8)19-29)31-27(33)23(5)18-36(10,11)34-21(2)3/h21-25H,14-20H2,1-13H3,(H,30,32)(H,31,33). The summed E-state index contributed by atoms with van der Waals surface area (Å²) in [6.45, 7) is 28.7. The van der Waals surface area contributed by atoms with Crippen molar-refractivity contribution in [3.63, 3.8) is 0 Å². The Labute approximate surface area is 231 Å². The summed E-state index contributed by atoms with van der Waals surface area (Å²) in [7, 11) is -3.80. The van der Waals surface area contributed by atoms with Gasteiger partial charge in [-0.15, -0.1) is 0 Å². The van der Waals surface area contributed by atoms with Gasteiger partial charge >= 0.3 is 0 Å². The SMILES string of the molecule is CCC(C)O[Si](C)(C)CC(C)C(=O)NCC1(C)CC(NC(=O)C(C)C[Si](C)(C)OC(C)C)CC(C)(C)C1. The lowest BCUT2D eigenvalue weighted by molar-refractivity contribution is -0.127. The van der Waals surface area contributed by atoms with Crippen molar-refractivity contribution in [1.29, 1.82) is 0 Å². The van der Waals surface area contributed by atoms with Crippen LogP contribution in [0, 0.1) is 22.7 Å². The van der Waals surface area contributed by atoms with Gasteiger partial charge in [0.25, 0.3) is 0 Å². The van der Waals surface area contributed by atoms with E-state index in [9.17, 15) is 9.59 Å². The van der Waals surface area contributed by atoms with Crippen LogP contribution >= 0.6 is 0 Å². The molecule has 0 bridgehead atoms. The Kier molecular flexibility index (Phi) is 12.6. The van der Waals surface area contributed by atoms with Crippen molar-refractivity contribution >= 4 is 28.4 Å². The van der Waals surface area contributed by atoms with Crippen LogP contribution in [0.5, 0.6) is 0 Å². The molecule has 1 saturated carbocycles. The molecule has 0 spiro atoms. The van der Waals surface area contributed by atoms with Crippen LogP contribution in [0.15, 0.2) is 0 Å². The summed E-state index contributed by atoms with van der Waals surface area (Å²) in [5.41, 5.74) is 0.0333. The van der Waals surface area contributed by atoms with E-state index in [1.54, 1.807) is 0 Å². The maximum absolute atomic E-state index is 13.2. The summed E-state index contributed by atoms with van der Waals surface area (Å²) < 4.78 is 12.4. The molecular weight excluding hydrogens is 497 g/mol. The largest absolute Gasteiger partial charge is 0.415 e. The molecule has 218 valence electrons. The monoisotopic (exact) mass is 556 g/mol. The van der Waals surface area contributed by atoms with Crippen LogP contribution < -0.4 is 10.6 Å². The maximum atomic E-state index is 13.2. The van der Waals surface area contributed by atoms with Gasteiger partial charge in [-0.3, -0.25) is 9.59 Å². The van der Waals surface area contributed by atoms with Gasteiger partial charge in [-0.25, -0.2) is 0 Å². The van der Waals surface area contributed by atoms with Crippen molar-refractivity contribution in [3.8, 4) is 0 Å². The molecule has 0 aromatic carbocycles. The molecule has 1 fully saturated rings. The van der Waals surface area contributed by atoms with Crippen molar-refractivity contribution < 1.29 is 18.4 Å². The third kappa shape index (κ3) is 12.8. The molecule has 0 heterocycles. The molecule has 5 atom stereocenters. The van der Waals surface area contributed by atoms with E-state index in [1.807, 2.05) is 13.8 Å². The lowest BCUT2D eigenvalue weighted by Gasteiger charge is -2.47. The number of hydrogen-bond donors (Lipinski definition) is 2. The van der Waals surface area contributed by atoms with Crippen LogP contribution in [0.2, 0.25) is 38.3 Å². The van der Waals surface area contributed by atoms with Crippen LogP contribution in [-0.4, -0.2) is 53.2 Å². The van der Waals surface area contributed by atoms with Crippen LogP contribution in [0.4, 0.5) is 0 Å². The summed E-state index contributed by atoms with van der Waals surface area (Å²) in [6.07, 6.45) is 4.29. The third-order valence-corrected chi connectivity index (χ3v) is 13.0. The van der Waals surface area contributed by atoms with Crippen molar-refractivity contribution in [2.45, 2.75) is 145 Å². The Morgan fingerprint density at radius 1 is 0.865 bits per heavy atom. The fourth-order valence-electron chi connectivity index (χ4n) is 6.71. The van der Waals surface area contributed by atoms with Crippen molar-refractivity contribution in [3.05, 3.63) is 0 Å². The van der Waals surface area contributed by atoms with E-state index in [4.69, 9.17) is 8.85 Å². The quantitative estimate of drug-likeness (QED) is 0.233. The minimum atomic E-state index is -1.90. The van der Waals surface area contributed by atoms with E-state index in [-0.39, 0.29) is 52.7 Å². The van der Waals surface area contributed by atoms with Gasteiger partial charge in [0.05, 0.1) is 0 Å². The molecule has 0 radical (unpaired) electrons. The van der Waals surface area contributed by atoms with Gasteiger partial charge in [0.2, 0.25) is 11.8 Å². The summed E-state index contributed by atoms with van der Waals surface area (Å²) >= 11 is 0. The molecule has 8 heteroatoms. The summed E-state index contributed by atoms with van der Waals surface area (Å²) in [5, 5.41) is 6.64. The first kappa shape index (κ1) is 34.3. The summed E-state index contributed by atoms with van der Waals surface area (Å²) in [6, 6.07) is 1.75. The highest BCUT2D eigenvalue weighted by Gasteiger charge is 2.43. The first-order valence-corrected chi connectivity index (χ1v) is 20.8. The van der Waals surface area contributed by atoms with Gasteiger partial charge in [0.1, 0.15) is 0 Å². The molecule has 1 rings (SSSR count). The van der Waals surface area contributed by atoms with Gasteiger partial charge in [-0.2, -0.15) is 0 Å². The highest BCUT2D eigenvalue weighted by atomic mass is 28.4. The van der Waals surface area contributed by atoms with Gasteiger partial charge in [-0.05, 0) is 95.6 Å². The molecule has 0 aromatic heterocycles. The fourth-order valence-corrected chi connectivity index (χ4v) is 12.8. The van der Waals surface area contributed by atoms with Crippen LogP contribution in [-0.2, 0) is 18.4 Å².